The summed E-state index contributed by atoms with van der Waals surface area (Å²) < 4.78 is 0. The van der Waals surface area contributed by atoms with Crippen LogP contribution in [0.2, 0.25) is 5.02 Å². The van der Waals surface area contributed by atoms with Gasteiger partial charge in [0.05, 0.1) is 5.54 Å². The molecular formula is C21H27ClN2O. The molecule has 1 aliphatic heterocycles. The van der Waals surface area contributed by atoms with E-state index in [-0.39, 0.29) is 17.6 Å². The Morgan fingerprint density at radius 2 is 2.16 bits per heavy atom. The summed E-state index contributed by atoms with van der Waals surface area (Å²) in [5, 5.41) is 0.686. The van der Waals surface area contributed by atoms with Crippen LogP contribution in [0.15, 0.2) is 35.9 Å². The fraction of sp³-hybridized carbons (Fsp3) is 0.476. The van der Waals surface area contributed by atoms with Gasteiger partial charge in [0.25, 0.3) is 0 Å². The lowest BCUT2D eigenvalue weighted by Crippen LogP contribution is -2.52. The van der Waals surface area contributed by atoms with Gasteiger partial charge >= 0.3 is 6.03 Å². The quantitative estimate of drug-likeness (QED) is 0.686. The SMILES string of the molecule is CCN(C(=O)N1CC/C(=C\C#Cc2cccc(Cl)c2)C1(C)C)C(C)C. The first-order valence-electron chi connectivity index (χ1n) is 8.82. The van der Waals surface area contributed by atoms with E-state index in [1.807, 2.05) is 47.1 Å². The molecule has 1 aromatic carbocycles. The topological polar surface area (TPSA) is 23.6 Å². The van der Waals surface area contributed by atoms with Crippen LogP contribution in [0.25, 0.3) is 0 Å². The Labute approximate surface area is 156 Å². The second kappa shape index (κ2) is 7.97. The number of benzene rings is 1. The molecule has 1 aromatic rings. The van der Waals surface area contributed by atoms with E-state index in [4.69, 9.17) is 11.6 Å². The number of carbonyl (C=O) groups is 1. The fourth-order valence-electron chi connectivity index (χ4n) is 3.22. The van der Waals surface area contributed by atoms with Gasteiger partial charge in [-0.1, -0.05) is 29.5 Å². The number of urea groups is 1. The number of allylic oxidation sites excluding steroid dienone is 1. The summed E-state index contributed by atoms with van der Waals surface area (Å²) in [7, 11) is 0. The van der Waals surface area contributed by atoms with Crippen LogP contribution < -0.4 is 0 Å². The first-order valence-corrected chi connectivity index (χ1v) is 9.20. The van der Waals surface area contributed by atoms with Crippen molar-refractivity contribution in [2.24, 2.45) is 0 Å². The van der Waals surface area contributed by atoms with E-state index in [1.54, 1.807) is 0 Å². The van der Waals surface area contributed by atoms with Crippen LogP contribution in [0, 0.1) is 11.8 Å². The van der Waals surface area contributed by atoms with E-state index in [1.165, 1.54) is 5.57 Å². The largest absolute Gasteiger partial charge is 0.322 e. The minimum absolute atomic E-state index is 0.105. The van der Waals surface area contributed by atoms with Crippen molar-refractivity contribution in [3.63, 3.8) is 0 Å². The van der Waals surface area contributed by atoms with Crippen molar-refractivity contribution in [1.82, 2.24) is 9.80 Å². The van der Waals surface area contributed by atoms with Crippen LogP contribution in [0.4, 0.5) is 4.79 Å². The maximum absolute atomic E-state index is 12.9. The summed E-state index contributed by atoms with van der Waals surface area (Å²) in [5.41, 5.74) is 1.77. The van der Waals surface area contributed by atoms with Crippen molar-refractivity contribution < 1.29 is 4.79 Å². The average molecular weight is 359 g/mol. The first kappa shape index (κ1) is 19.4. The predicted octanol–water partition coefficient (Wildman–Crippen LogP) is 4.95. The number of rotatable bonds is 2. The molecule has 2 rings (SSSR count). The molecule has 0 saturated carbocycles. The molecule has 0 radical (unpaired) electrons. The highest BCUT2D eigenvalue weighted by atomic mass is 35.5. The Bertz CT molecular complexity index is 725. The van der Waals surface area contributed by atoms with Crippen LogP contribution in [0.3, 0.4) is 0 Å². The molecular weight excluding hydrogens is 332 g/mol. The molecule has 0 N–H and O–H groups in total. The van der Waals surface area contributed by atoms with Crippen LogP contribution in [0.1, 0.15) is 46.6 Å². The van der Waals surface area contributed by atoms with Crippen molar-refractivity contribution in [2.45, 2.75) is 52.6 Å². The summed E-state index contributed by atoms with van der Waals surface area (Å²) >= 11 is 5.99. The molecule has 2 amide bonds. The van der Waals surface area contributed by atoms with E-state index < -0.39 is 0 Å². The van der Waals surface area contributed by atoms with Crippen molar-refractivity contribution >= 4 is 17.6 Å². The van der Waals surface area contributed by atoms with Gasteiger partial charge in [0.15, 0.2) is 0 Å². The molecule has 0 unspecified atom stereocenters. The molecule has 1 heterocycles. The Morgan fingerprint density at radius 3 is 2.76 bits per heavy atom. The summed E-state index contributed by atoms with van der Waals surface area (Å²) in [6.45, 7) is 11.8. The minimum Gasteiger partial charge on any atom is -0.322 e. The lowest BCUT2D eigenvalue weighted by molar-refractivity contribution is 0.124. The van der Waals surface area contributed by atoms with Gasteiger partial charge in [0.2, 0.25) is 0 Å². The Balaban J connectivity index is 2.19. The Morgan fingerprint density at radius 1 is 1.44 bits per heavy atom. The number of hydrogen-bond acceptors (Lipinski definition) is 1. The maximum atomic E-state index is 12.9. The molecule has 4 heteroatoms. The lowest BCUT2D eigenvalue weighted by Gasteiger charge is -2.38. The van der Waals surface area contributed by atoms with Crippen LogP contribution in [0.5, 0.6) is 0 Å². The van der Waals surface area contributed by atoms with Crippen molar-refractivity contribution in [3.05, 3.63) is 46.5 Å². The third-order valence-corrected chi connectivity index (χ3v) is 5.03. The molecule has 134 valence electrons. The second-order valence-corrected chi connectivity index (χ2v) is 7.51. The molecule has 25 heavy (non-hydrogen) atoms. The lowest BCUT2D eigenvalue weighted by atomic mass is 9.95. The van der Waals surface area contributed by atoms with E-state index >= 15 is 0 Å². The van der Waals surface area contributed by atoms with Gasteiger partial charge in [0.1, 0.15) is 0 Å². The molecule has 1 aliphatic rings. The maximum Gasteiger partial charge on any atom is 0.320 e. The third kappa shape index (κ3) is 4.38. The summed E-state index contributed by atoms with van der Waals surface area (Å²) in [4.78, 5) is 16.8. The molecule has 3 nitrogen and oxygen atoms in total. The molecule has 0 atom stereocenters. The normalized spacial score (nSPS) is 17.6. The Hall–Kier alpha value is -1.92. The number of carbonyl (C=O) groups excluding carboxylic acids is 1. The minimum atomic E-state index is -0.317. The van der Waals surface area contributed by atoms with E-state index in [9.17, 15) is 4.79 Å². The van der Waals surface area contributed by atoms with Crippen molar-refractivity contribution in [1.29, 1.82) is 0 Å². The van der Waals surface area contributed by atoms with Gasteiger partial charge in [-0.05, 0) is 70.9 Å². The van der Waals surface area contributed by atoms with Gasteiger partial charge in [-0.3, -0.25) is 0 Å². The summed E-state index contributed by atoms with van der Waals surface area (Å²) in [5.74, 6) is 6.25. The highest BCUT2D eigenvalue weighted by Crippen LogP contribution is 2.34. The fourth-order valence-corrected chi connectivity index (χ4v) is 3.41. The van der Waals surface area contributed by atoms with Gasteiger partial charge in [-0.15, -0.1) is 0 Å². The van der Waals surface area contributed by atoms with Gasteiger partial charge in [-0.2, -0.15) is 0 Å². The number of halogens is 1. The number of hydrogen-bond donors (Lipinski definition) is 0. The molecule has 0 bridgehead atoms. The van der Waals surface area contributed by atoms with E-state index in [2.05, 4.69) is 39.5 Å². The standard InChI is InChI=1S/C21H27ClN2O/c1-6-23(16(2)3)20(25)24-14-13-18(21(24,4)5)11-7-9-17-10-8-12-19(22)15-17/h8,10-12,15-16H,6,13-14H2,1-5H3/b18-11+. The molecule has 0 aliphatic carbocycles. The second-order valence-electron chi connectivity index (χ2n) is 7.07. The highest BCUT2D eigenvalue weighted by molar-refractivity contribution is 6.30. The molecule has 1 fully saturated rings. The van der Waals surface area contributed by atoms with Crippen molar-refractivity contribution in [2.75, 3.05) is 13.1 Å². The van der Waals surface area contributed by atoms with Gasteiger partial charge < -0.3 is 9.80 Å². The predicted molar refractivity (Wildman–Crippen MR) is 105 cm³/mol. The number of amides is 2. The van der Waals surface area contributed by atoms with Gasteiger partial charge in [-0.25, -0.2) is 4.79 Å². The van der Waals surface area contributed by atoms with Crippen LogP contribution >= 0.6 is 11.6 Å². The number of nitrogens with zero attached hydrogens (tertiary/aromatic N) is 2. The third-order valence-electron chi connectivity index (χ3n) is 4.79. The first-order chi connectivity index (χ1) is 11.8. The zero-order valence-corrected chi connectivity index (χ0v) is 16.5. The zero-order valence-electron chi connectivity index (χ0n) is 15.8. The van der Waals surface area contributed by atoms with Crippen LogP contribution in [-0.2, 0) is 0 Å². The zero-order chi connectivity index (χ0) is 18.6. The molecule has 0 aromatic heterocycles. The smallest absolute Gasteiger partial charge is 0.320 e. The summed E-state index contributed by atoms with van der Waals surface area (Å²) in [6.07, 6.45) is 2.82. The van der Waals surface area contributed by atoms with Gasteiger partial charge in [0, 0.05) is 29.7 Å². The molecule has 1 saturated heterocycles. The Kier molecular flexibility index (Phi) is 6.19. The van der Waals surface area contributed by atoms with E-state index in [0.29, 0.717) is 5.02 Å². The molecule has 0 spiro atoms. The van der Waals surface area contributed by atoms with Crippen molar-refractivity contribution in [3.8, 4) is 11.8 Å². The van der Waals surface area contributed by atoms with Crippen LogP contribution in [-0.4, -0.2) is 40.5 Å². The number of likely N-dealkylation sites (tertiary alicyclic amines) is 1. The summed E-state index contributed by atoms with van der Waals surface area (Å²) in [6, 6.07) is 7.82. The average Bonchev–Trinajstić information content (AvgIpc) is 2.82. The highest BCUT2D eigenvalue weighted by Gasteiger charge is 2.41. The van der Waals surface area contributed by atoms with E-state index in [0.717, 1.165) is 25.1 Å². The monoisotopic (exact) mass is 358 g/mol.